The van der Waals surface area contributed by atoms with Gasteiger partial charge >= 0.3 is 5.04 Å². The monoisotopic (exact) mass is 281 g/mol. The average Bonchev–Trinajstić information content (AvgIpc) is 2.39. The van der Waals surface area contributed by atoms with Gasteiger partial charge in [-0.3, -0.25) is 4.79 Å². The smallest absolute Gasteiger partial charge is 0.360 e. The summed E-state index contributed by atoms with van der Waals surface area (Å²) in [6.45, 7) is 3.34. The zero-order chi connectivity index (χ0) is 14.6. The van der Waals surface area contributed by atoms with Gasteiger partial charge in [-0.05, 0) is 17.7 Å². The molecule has 0 heterocycles. The highest BCUT2D eigenvalue weighted by Gasteiger charge is 2.38. The number of nitrogens with two attached hydrogens (primary N) is 1. The second-order valence-corrected chi connectivity index (χ2v) is 6.14. The van der Waals surface area contributed by atoms with Crippen LogP contribution in [0.3, 0.4) is 0 Å². The summed E-state index contributed by atoms with van der Waals surface area (Å²) in [7, 11) is -4.11. The van der Waals surface area contributed by atoms with Gasteiger partial charge in [-0.15, -0.1) is 4.79 Å². The molecule has 1 aromatic carbocycles. The minimum Gasteiger partial charge on any atom is -0.360 e. The normalized spacial score (nSPS) is 11.2. The van der Waals surface area contributed by atoms with Crippen LogP contribution in [0.2, 0.25) is 0 Å². The summed E-state index contributed by atoms with van der Waals surface area (Å²) in [6, 6.07) is 5.75. The lowest BCUT2D eigenvalue weighted by molar-refractivity contribution is -0.119. The van der Waals surface area contributed by atoms with Crippen molar-refractivity contribution in [3.63, 3.8) is 0 Å². The van der Waals surface area contributed by atoms with Crippen molar-refractivity contribution in [1.82, 2.24) is 0 Å². The SMILES string of the molecule is CC(C)C(=O)C(=[N+]=[N-])S(=O)(=O)c1ccc(CN)cc1. The van der Waals surface area contributed by atoms with Crippen molar-refractivity contribution in [2.75, 3.05) is 0 Å². The highest BCUT2D eigenvalue weighted by atomic mass is 32.2. The maximum atomic E-state index is 12.2. The molecular formula is C12H15N3O3S. The van der Waals surface area contributed by atoms with Gasteiger partial charge < -0.3 is 11.3 Å². The number of Topliss-reactive ketones (excluding diaryl/α,β-unsaturated/α-hetero) is 1. The predicted molar refractivity (Wildman–Crippen MR) is 70.0 cm³/mol. The van der Waals surface area contributed by atoms with Gasteiger partial charge in [0.2, 0.25) is 0 Å². The molecule has 102 valence electrons. The van der Waals surface area contributed by atoms with Crippen LogP contribution in [0.5, 0.6) is 0 Å². The summed E-state index contributed by atoms with van der Waals surface area (Å²) in [5, 5.41) is -0.844. The Balaban J connectivity index is 3.29. The molecule has 6 nitrogen and oxygen atoms in total. The first kappa shape index (κ1) is 15.2. The molecule has 0 aliphatic carbocycles. The molecule has 1 aromatic rings. The molecule has 0 aromatic heterocycles. The molecule has 0 saturated carbocycles. The quantitative estimate of drug-likeness (QED) is 0.380. The zero-order valence-electron chi connectivity index (χ0n) is 10.7. The Labute approximate surface area is 111 Å². The third-order valence-electron chi connectivity index (χ3n) is 2.55. The van der Waals surface area contributed by atoms with Crippen LogP contribution in [0.1, 0.15) is 19.4 Å². The molecule has 0 saturated heterocycles. The van der Waals surface area contributed by atoms with E-state index in [2.05, 4.69) is 4.79 Å². The molecule has 0 bridgehead atoms. The Hall–Kier alpha value is -1.82. The van der Waals surface area contributed by atoms with Crippen LogP contribution in [0.15, 0.2) is 29.2 Å². The Kier molecular flexibility index (Phi) is 4.72. The van der Waals surface area contributed by atoms with Crippen LogP contribution in [-0.2, 0) is 21.2 Å². The number of carbonyl (C=O) groups excluding carboxylic acids is 1. The van der Waals surface area contributed by atoms with Crippen molar-refractivity contribution in [3.05, 3.63) is 35.4 Å². The van der Waals surface area contributed by atoms with Gasteiger partial charge in [-0.2, -0.15) is 0 Å². The van der Waals surface area contributed by atoms with E-state index in [1.165, 1.54) is 26.0 Å². The van der Waals surface area contributed by atoms with E-state index in [1.54, 1.807) is 12.1 Å². The lowest BCUT2D eigenvalue weighted by Gasteiger charge is -2.03. The van der Waals surface area contributed by atoms with E-state index in [-0.39, 0.29) is 11.4 Å². The van der Waals surface area contributed by atoms with Crippen LogP contribution < -0.4 is 5.73 Å². The zero-order valence-corrected chi connectivity index (χ0v) is 11.5. The van der Waals surface area contributed by atoms with E-state index in [1.807, 2.05) is 0 Å². The van der Waals surface area contributed by atoms with E-state index in [0.29, 0.717) is 0 Å². The first-order valence-electron chi connectivity index (χ1n) is 5.65. The van der Waals surface area contributed by atoms with Crippen LogP contribution in [0, 0.1) is 5.92 Å². The number of rotatable bonds is 4. The number of carbonyl (C=O) groups is 1. The average molecular weight is 281 g/mol. The third-order valence-corrected chi connectivity index (χ3v) is 4.23. The highest BCUT2D eigenvalue weighted by Crippen LogP contribution is 2.15. The number of hydrogen-bond acceptors (Lipinski definition) is 4. The lowest BCUT2D eigenvalue weighted by Crippen LogP contribution is -2.29. The van der Waals surface area contributed by atoms with Crippen LogP contribution in [0.25, 0.3) is 5.53 Å². The number of nitrogens with zero attached hydrogens (tertiary/aromatic N) is 2. The van der Waals surface area contributed by atoms with E-state index >= 15 is 0 Å². The van der Waals surface area contributed by atoms with E-state index in [9.17, 15) is 13.2 Å². The number of benzene rings is 1. The molecule has 0 atom stereocenters. The summed E-state index contributed by atoms with van der Waals surface area (Å²) >= 11 is 0. The summed E-state index contributed by atoms with van der Waals surface area (Å²) < 4.78 is 24.3. The first-order chi connectivity index (χ1) is 8.84. The van der Waals surface area contributed by atoms with Gasteiger partial charge in [0.1, 0.15) is 0 Å². The van der Waals surface area contributed by atoms with Gasteiger partial charge in [0.25, 0.3) is 15.6 Å². The van der Waals surface area contributed by atoms with E-state index in [0.717, 1.165) is 5.56 Å². The van der Waals surface area contributed by atoms with E-state index in [4.69, 9.17) is 11.3 Å². The maximum Gasteiger partial charge on any atom is 0.452 e. The summed E-state index contributed by atoms with van der Waals surface area (Å²) in [6.07, 6.45) is 0. The van der Waals surface area contributed by atoms with Crippen molar-refractivity contribution >= 4 is 20.7 Å². The minimum absolute atomic E-state index is 0.105. The van der Waals surface area contributed by atoms with Crippen LogP contribution in [0.4, 0.5) is 0 Å². The van der Waals surface area contributed by atoms with Crippen LogP contribution >= 0.6 is 0 Å². The number of sulfone groups is 1. The highest BCUT2D eigenvalue weighted by molar-refractivity contribution is 8.08. The third kappa shape index (κ3) is 3.14. The molecule has 2 N–H and O–H groups in total. The van der Waals surface area contributed by atoms with Crippen molar-refractivity contribution < 1.29 is 18.0 Å². The molecule has 0 aliphatic rings. The molecule has 19 heavy (non-hydrogen) atoms. The second-order valence-electron chi connectivity index (χ2n) is 4.28. The fourth-order valence-corrected chi connectivity index (χ4v) is 2.72. The second kappa shape index (κ2) is 5.88. The Morgan fingerprint density at radius 1 is 1.32 bits per heavy atom. The minimum atomic E-state index is -4.11. The van der Waals surface area contributed by atoms with Crippen molar-refractivity contribution in [1.29, 1.82) is 0 Å². The molecule has 0 radical (unpaired) electrons. The van der Waals surface area contributed by atoms with Gasteiger partial charge in [0.15, 0.2) is 0 Å². The van der Waals surface area contributed by atoms with Crippen molar-refractivity contribution in [2.24, 2.45) is 11.7 Å². The standard InChI is InChI=1S/C12H15N3O3S/c1-8(2)11(16)12(15-14)19(17,18)10-5-3-9(7-13)4-6-10/h3-6,8H,7,13H2,1-2H3. The van der Waals surface area contributed by atoms with Crippen molar-refractivity contribution in [3.8, 4) is 0 Å². The molecule has 0 amide bonds. The van der Waals surface area contributed by atoms with Gasteiger partial charge in [-0.25, -0.2) is 8.42 Å². The maximum absolute atomic E-state index is 12.2. The number of hydrogen-bond donors (Lipinski definition) is 1. The number of ketones is 1. The molecule has 0 aliphatic heterocycles. The molecular weight excluding hydrogens is 266 g/mol. The first-order valence-corrected chi connectivity index (χ1v) is 7.13. The Bertz CT molecular complexity index is 627. The molecule has 0 fully saturated rings. The van der Waals surface area contributed by atoms with Crippen molar-refractivity contribution in [2.45, 2.75) is 25.3 Å². The predicted octanol–water partition coefficient (Wildman–Crippen LogP) is 0.772. The molecule has 0 unspecified atom stereocenters. The largest absolute Gasteiger partial charge is 0.452 e. The van der Waals surface area contributed by atoms with Gasteiger partial charge in [0, 0.05) is 12.5 Å². The summed E-state index contributed by atoms with van der Waals surface area (Å²) in [4.78, 5) is 14.3. The fraction of sp³-hybridized carbons (Fsp3) is 0.333. The topological polar surface area (TPSA) is 114 Å². The van der Waals surface area contributed by atoms with Crippen LogP contribution in [-0.4, -0.2) is 24.0 Å². The molecule has 7 heteroatoms. The lowest BCUT2D eigenvalue weighted by atomic mass is 10.1. The Morgan fingerprint density at radius 2 is 1.84 bits per heavy atom. The molecule has 0 spiro atoms. The summed E-state index contributed by atoms with van der Waals surface area (Å²) in [5.74, 6) is -1.31. The van der Waals surface area contributed by atoms with E-state index < -0.39 is 26.6 Å². The summed E-state index contributed by atoms with van der Waals surface area (Å²) in [5.41, 5.74) is 15.0. The fourth-order valence-electron chi connectivity index (χ4n) is 1.40. The Morgan fingerprint density at radius 3 is 2.21 bits per heavy atom. The molecule has 1 rings (SSSR count). The van der Waals surface area contributed by atoms with Gasteiger partial charge in [-0.1, -0.05) is 26.0 Å². The van der Waals surface area contributed by atoms with Gasteiger partial charge in [0.05, 0.1) is 4.90 Å².